The average molecular weight is 112 g/mol. The molecule has 0 radical (unpaired) electrons. The van der Waals surface area contributed by atoms with Crippen LogP contribution < -0.4 is 0 Å². The van der Waals surface area contributed by atoms with E-state index in [9.17, 15) is 0 Å². The van der Waals surface area contributed by atoms with Crippen molar-refractivity contribution in [3.63, 3.8) is 0 Å². The first-order valence-corrected chi connectivity index (χ1v) is 2.72. The molecule has 0 aromatic carbocycles. The van der Waals surface area contributed by atoms with E-state index in [1.807, 2.05) is 13.2 Å². The zero-order valence-corrected chi connectivity index (χ0v) is 5.20. The number of hydrogen-bond acceptors (Lipinski definition) is 2. The quantitative estimate of drug-likeness (QED) is 0.457. The van der Waals surface area contributed by atoms with E-state index in [4.69, 9.17) is 0 Å². The van der Waals surface area contributed by atoms with Crippen LogP contribution in [0, 0.1) is 0 Å². The van der Waals surface area contributed by atoms with E-state index >= 15 is 0 Å². The van der Waals surface area contributed by atoms with Gasteiger partial charge in [-0.2, -0.15) is 4.59 Å². The summed E-state index contributed by atoms with van der Waals surface area (Å²) in [5.74, 6) is 0. The Morgan fingerprint density at radius 3 is 2.62 bits per heavy atom. The summed E-state index contributed by atoms with van der Waals surface area (Å²) in [6.45, 7) is 3.05. The van der Waals surface area contributed by atoms with Crippen LogP contribution >= 0.6 is 0 Å². The third-order valence-electron chi connectivity index (χ3n) is 1.35. The summed E-state index contributed by atoms with van der Waals surface area (Å²) >= 11 is 0. The highest BCUT2D eigenvalue weighted by molar-refractivity contribution is 4.71. The van der Waals surface area contributed by atoms with Crippen molar-refractivity contribution in [2.75, 3.05) is 13.6 Å². The Balaban J connectivity index is 2.69. The SMILES string of the molecule is CC[N+]1(C)C=CN=N1. The molecule has 1 rings (SSSR count). The van der Waals surface area contributed by atoms with E-state index in [2.05, 4.69) is 17.3 Å². The molecule has 0 aromatic rings. The first kappa shape index (κ1) is 5.44. The molecule has 0 saturated heterocycles. The minimum atomic E-state index is 0.597. The van der Waals surface area contributed by atoms with Crippen LogP contribution in [-0.4, -0.2) is 18.2 Å². The molecule has 0 fully saturated rings. The van der Waals surface area contributed by atoms with Gasteiger partial charge in [-0.3, -0.25) is 0 Å². The van der Waals surface area contributed by atoms with Crippen LogP contribution in [0.5, 0.6) is 0 Å². The number of rotatable bonds is 1. The van der Waals surface area contributed by atoms with Crippen LogP contribution in [0.1, 0.15) is 6.92 Å². The number of quaternary nitrogens is 1. The molecule has 8 heavy (non-hydrogen) atoms. The van der Waals surface area contributed by atoms with Crippen molar-refractivity contribution in [2.45, 2.75) is 6.92 Å². The van der Waals surface area contributed by atoms with Gasteiger partial charge in [-0.1, -0.05) is 0 Å². The van der Waals surface area contributed by atoms with Crippen LogP contribution in [0.2, 0.25) is 0 Å². The van der Waals surface area contributed by atoms with Crippen molar-refractivity contribution < 1.29 is 4.59 Å². The Kier molecular flexibility index (Phi) is 1.13. The lowest BCUT2D eigenvalue weighted by Crippen LogP contribution is -2.28. The van der Waals surface area contributed by atoms with Crippen molar-refractivity contribution in [2.24, 2.45) is 10.3 Å². The Hall–Kier alpha value is -0.700. The van der Waals surface area contributed by atoms with E-state index in [-0.39, 0.29) is 0 Å². The highest BCUT2D eigenvalue weighted by atomic mass is 15.7. The van der Waals surface area contributed by atoms with Crippen molar-refractivity contribution in [1.82, 2.24) is 0 Å². The van der Waals surface area contributed by atoms with Gasteiger partial charge < -0.3 is 0 Å². The standard InChI is InChI=1S/C5H10N3/c1-3-8(2)5-4-6-7-8/h4-5H,3H2,1-2H3/q+1. The van der Waals surface area contributed by atoms with Gasteiger partial charge in [0, 0.05) is 5.22 Å². The van der Waals surface area contributed by atoms with Gasteiger partial charge in [0.25, 0.3) is 0 Å². The minimum absolute atomic E-state index is 0.597. The molecular weight excluding hydrogens is 102 g/mol. The van der Waals surface area contributed by atoms with Gasteiger partial charge in [0.15, 0.2) is 0 Å². The molecule has 1 aliphatic heterocycles. The maximum atomic E-state index is 3.94. The van der Waals surface area contributed by atoms with Gasteiger partial charge in [-0.05, 0) is 6.92 Å². The molecule has 44 valence electrons. The molecule has 3 heteroatoms. The van der Waals surface area contributed by atoms with Crippen molar-refractivity contribution >= 4 is 0 Å². The Labute approximate surface area is 48.9 Å². The fourth-order valence-electron chi connectivity index (χ4n) is 0.520. The van der Waals surface area contributed by atoms with Gasteiger partial charge in [0.1, 0.15) is 18.9 Å². The molecule has 0 aliphatic carbocycles. The van der Waals surface area contributed by atoms with Crippen LogP contribution in [0.15, 0.2) is 22.7 Å². The van der Waals surface area contributed by atoms with Gasteiger partial charge in [-0.25, -0.2) is 0 Å². The van der Waals surface area contributed by atoms with Crippen molar-refractivity contribution in [3.05, 3.63) is 12.4 Å². The second kappa shape index (κ2) is 1.67. The fourth-order valence-corrected chi connectivity index (χ4v) is 0.520. The van der Waals surface area contributed by atoms with Crippen LogP contribution in [0.4, 0.5) is 0 Å². The zero-order valence-electron chi connectivity index (χ0n) is 5.20. The maximum Gasteiger partial charge on any atom is 0.144 e. The van der Waals surface area contributed by atoms with Crippen LogP contribution in [0.3, 0.4) is 0 Å². The second-order valence-corrected chi connectivity index (χ2v) is 2.03. The van der Waals surface area contributed by atoms with Crippen molar-refractivity contribution in [3.8, 4) is 0 Å². The first-order chi connectivity index (χ1) is 3.77. The highest BCUT2D eigenvalue weighted by Crippen LogP contribution is 2.10. The Bertz CT molecular complexity index is 125. The first-order valence-electron chi connectivity index (χ1n) is 2.72. The molecule has 0 amide bonds. The molecule has 3 nitrogen and oxygen atoms in total. The summed E-state index contributed by atoms with van der Waals surface area (Å²) < 4.78 is 0.597. The fraction of sp³-hybridized carbons (Fsp3) is 0.600. The molecule has 0 saturated carbocycles. The summed E-state index contributed by atoms with van der Waals surface area (Å²) in [7, 11) is 2.01. The van der Waals surface area contributed by atoms with E-state index in [0.29, 0.717) is 4.59 Å². The van der Waals surface area contributed by atoms with E-state index in [1.165, 1.54) is 0 Å². The van der Waals surface area contributed by atoms with E-state index in [1.54, 1.807) is 6.20 Å². The number of nitrogens with zero attached hydrogens (tertiary/aromatic N) is 3. The molecule has 0 spiro atoms. The molecule has 0 aromatic heterocycles. The predicted octanol–water partition coefficient (Wildman–Crippen LogP) is 1.30. The van der Waals surface area contributed by atoms with Gasteiger partial charge in [0.05, 0.1) is 7.05 Å². The number of hydrogen-bond donors (Lipinski definition) is 0. The summed E-state index contributed by atoms with van der Waals surface area (Å²) in [5.41, 5.74) is 0. The molecular formula is C5H10N3+. The molecule has 1 heterocycles. The summed E-state index contributed by atoms with van der Waals surface area (Å²) in [5, 5.41) is 7.66. The summed E-state index contributed by atoms with van der Waals surface area (Å²) in [6, 6.07) is 0. The monoisotopic (exact) mass is 112 g/mol. The van der Waals surface area contributed by atoms with Crippen LogP contribution in [0.25, 0.3) is 0 Å². The van der Waals surface area contributed by atoms with Gasteiger partial charge >= 0.3 is 0 Å². The van der Waals surface area contributed by atoms with E-state index < -0.39 is 0 Å². The van der Waals surface area contributed by atoms with Gasteiger partial charge in [0.2, 0.25) is 0 Å². The van der Waals surface area contributed by atoms with Crippen molar-refractivity contribution in [1.29, 1.82) is 0 Å². The van der Waals surface area contributed by atoms with Gasteiger partial charge in [-0.15, -0.1) is 5.11 Å². The largest absolute Gasteiger partial charge is 0.154 e. The Morgan fingerprint density at radius 1 is 1.62 bits per heavy atom. The lowest BCUT2D eigenvalue weighted by Gasteiger charge is -2.13. The normalized spacial score (nSPS) is 34.2. The smallest absolute Gasteiger partial charge is 0.144 e. The topological polar surface area (TPSA) is 24.7 Å². The second-order valence-electron chi connectivity index (χ2n) is 2.03. The molecule has 1 unspecified atom stereocenters. The summed E-state index contributed by atoms with van der Waals surface area (Å²) in [4.78, 5) is 0. The van der Waals surface area contributed by atoms with E-state index in [0.717, 1.165) is 6.54 Å². The average Bonchev–Trinajstić information content (AvgIpc) is 2.17. The summed E-state index contributed by atoms with van der Waals surface area (Å²) in [6.07, 6.45) is 3.68. The zero-order chi connectivity index (χ0) is 6.04. The van der Waals surface area contributed by atoms with Crippen LogP contribution in [-0.2, 0) is 0 Å². The third kappa shape index (κ3) is 0.767. The lowest BCUT2D eigenvalue weighted by atomic mass is 10.6. The lowest BCUT2D eigenvalue weighted by molar-refractivity contribution is -0.865. The minimum Gasteiger partial charge on any atom is -0.154 e. The maximum absolute atomic E-state index is 3.94. The Morgan fingerprint density at radius 2 is 2.38 bits per heavy atom. The highest BCUT2D eigenvalue weighted by Gasteiger charge is 2.17. The molecule has 1 aliphatic rings. The predicted molar refractivity (Wildman–Crippen MR) is 30.7 cm³/mol. The molecule has 0 N–H and O–H groups in total. The third-order valence-corrected chi connectivity index (χ3v) is 1.35. The molecule has 0 bridgehead atoms. The molecule has 1 atom stereocenters.